The van der Waals surface area contributed by atoms with Crippen LogP contribution in [0, 0.1) is 11.3 Å². The minimum atomic E-state index is -0.466. The van der Waals surface area contributed by atoms with Gasteiger partial charge in [0.25, 0.3) is 5.91 Å². The molecule has 0 aromatic heterocycles. The van der Waals surface area contributed by atoms with Crippen molar-refractivity contribution in [2.24, 2.45) is 11.3 Å². The van der Waals surface area contributed by atoms with Crippen LogP contribution in [0.4, 0.5) is 11.4 Å². The van der Waals surface area contributed by atoms with Crippen LogP contribution in [-0.2, 0) is 9.59 Å². The van der Waals surface area contributed by atoms with E-state index in [0.717, 1.165) is 12.8 Å². The van der Waals surface area contributed by atoms with Crippen LogP contribution in [-0.4, -0.2) is 35.7 Å². The lowest BCUT2D eigenvalue weighted by atomic mass is 9.91. The molecule has 30 heavy (non-hydrogen) atoms. The van der Waals surface area contributed by atoms with Crippen LogP contribution in [0.3, 0.4) is 0 Å². The highest BCUT2D eigenvalue weighted by Crippen LogP contribution is 2.26. The lowest BCUT2D eigenvalue weighted by Crippen LogP contribution is -2.47. The molecule has 0 spiro atoms. The van der Waals surface area contributed by atoms with Crippen molar-refractivity contribution in [3.63, 3.8) is 0 Å². The van der Waals surface area contributed by atoms with E-state index in [-0.39, 0.29) is 23.6 Å². The van der Waals surface area contributed by atoms with E-state index in [9.17, 15) is 14.4 Å². The number of benzene rings is 2. The molecule has 158 valence electrons. The van der Waals surface area contributed by atoms with E-state index in [4.69, 9.17) is 0 Å². The summed E-state index contributed by atoms with van der Waals surface area (Å²) >= 11 is 0. The Labute approximate surface area is 177 Å². The summed E-state index contributed by atoms with van der Waals surface area (Å²) in [6, 6.07) is 16.1. The molecule has 0 saturated carbocycles. The first-order valence-corrected chi connectivity index (χ1v) is 10.3. The molecule has 1 heterocycles. The Morgan fingerprint density at radius 3 is 2.13 bits per heavy atom. The van der Waals surface area contributed by atoms with E-state index >= 15 is 0 Å². The summed E-state index contributed by atoms with van der Waals surface area (Å²) in [7, 11) is 0. The summed E-state index contributed by atoms with van der Waals surface area (Å²) < 4.78 is 0. The summed E-state index contributed by atoms with van der Waals surface area (Å²) in [6.07, 6.45) is 1.53. The average Bonchev–Trinajstić information content (AvgIpc) is 2.74. The molecule has 2 N–H and O–H groups in total. The maximum absolute atomic E-state index is 12.9. The third kappa shape index (κ3) is 5.26. The number of carbonyl (C=O) groups is 3. The quantitative estimate of drug-likeness (QED) is 0.799. The maximum Gasteiger partial charge on any atom is 0.255 e. The van der Waals surface area contributed by atoms with Crippen LogP contribution >= 0.6 is 0 Å². The van der Waals surface area contributed by atoms with Gasteiger partial charge >= 0.3 is 0 Å². The number of amides is 3. The number of para-hydroxylation sites is 2. The summed E-state index contributed by atoms with van der Waals surface area (Å²) in [5, 5.41) is 5.81. The molecular weight excluding hydrogens is 378 g/mol. The second-order valence-corrected chi connectivity index (χ2v) is 8.70. The second kappa shape index (κ2) is 9.11. The topological polar surface area (TPSA) is 78.5 Å². The van der Waals surface area contributed by atoms with E-state index in [0.29, 0.717) is 30.0 Å². The molecule has 6 heteroatoms. The Morgan fingerprint density at radius 2 is 1.50 bits per heavy atom. The van der Waals surface area contributed by atoms with E-state index in [2.05, 4.69) is 10.6 Å². The molecule has 1 aliphatic heterocycles. The zero-order valence-electron chi connectivity index (χ0n) is 17.8. The fourth-order valence-electron chi connectivity index (χ4n) is 3.57. The zero-order chi connectivity index (χ0) is 21.7. The van der Waals surface area contributed by atoms with Crippen molar-refractivity contribution in [2.75, 3.05) is 23.7 Å². The van der Waals surface area contributed by atoms with Crippen LogP contribution < -0.4 is 10.6 Å². The molecule has 0 bridgehead atoms. The van der Waals surface area contributed by atoms with Gasteiger partial charge in [0.05, 0.1) is 17.3 Å². The van der Waals surface area contributed by atoms with Crippen molar-refractivity contribution in [2.45, 2.75) is 33.6 Å². The molecule has 1 fully saturated rings. The molecule has 3 rings (SSSR count). The Hall–Kier alpha value is -3.15. The van der Waals surface area contributed by atoms with E-state index in [1.165, 1.54) is 0 Å². The highest BCUT2D eigenvalue weighted by Gasteiger charge is 2.33. The van der Waals surface area contributed by atoms with Crippen molar-refractivity contribution >= 4 is 29.1 Å². The highest BCUT2D eigenvalue weighted by molar-refractivity contribution is 6.07. The number of nitrogens with one attached hydrogen (secondary N) is 2. The summed E-state index contributed by atoms with van der Waals surface area (Å²) in [5.41, 5.74) is 1.17. The second-order valence-electron chi connectivity index (χ2n) is 8.70. The van der Waals surface area contributed by atoms with Crippen molar-refractivity contribution < 1.29 is 14.4 Å². The van der Waals surface area contributed by atoms with Crippen molar-refractivity contribution in [1.82, 2.24) is 4.90 Å². The standard InChI is InChI=1S/C24H29N3O3/c1-24(2,3)23(30)27-15-9-12-18(16-27)22(29)26-20-14-8-7-13-19(20)25-21(28)17-10-5-4-6-11-17/h4-8,10-11,13-14,18H,9,12,15-16H2,1-3H3,(H,25,28)(H,26,29). The van der Waals surface area contributed by atoms with Gasteiger partial charge in [0.2, 0.25) is 11.8 Å². The van der Waals surface area contributed by atoms with Crippen LogP contribution in [0.2, 0.25) is 0 Å². The molecule has 1 aliphatic rings. The number of rotatable bonds is 4. The fraction of sp³-hybridized carbons (Fsp3) is 0.375. The van der Waals surface area contributed by atoms with Gasteiger partial charge in [-0.1, -0.05) is 51.1 Å². The number of hydrogen-bond donors (Lipinski definition) is 2. The number of carbonyl (C=O) groups excluding carboxylic acids is 3. The molecule has 1 saturated heterocycles. The van der Waals surface area contributed by atoms with Gasteiger partial charge in [-0.2, -0.15) is 0 Å². The third-order valence-electron chi connectivity index (χ3n) is 5.19. The fourth-order valence-corrected chi connectivity index (χ4v) is 3.57. The molecule has 2 aromatic carbocycles. The van der Waals surface area contributed by atoms with Gasteiger partial charge in [0, 0.05) is 24.1 Å². The van der Waals surface area contributed by atoms with Gasteiger partial charge in [0.15, 0.2) is 0 Å². The molecule has 0 aliphatic carbocycles. The number of nitrogens with zero attached hydrogens (tertiary/aromatic N) is 1. The number of anilines is 2. The Balaban J connectivity index is 1.68. The first-order valence-electron chi connectivity index (χ1n) is 10.3. The predicted molar refractivity (Wildman–Crippen MR) is 118 cm³/mol. The molecule has 0 radical (unpaired) electrons. The summed E-state index contributed by atoms with van der Waals surface area (Å²) in [5.74, 6) is -0.585. The maximum atomic E-state index is 12.9. The number of likely N-dealkylation sites (tertiary alicyclic amines) is 1. The van der Waals surface area contributed by atoms with E-state index < -0.39 is 5.41 Å². The van der Waals surface area contributed by atoms with Crippen molar-refractivity contribution in [3.05, 3.63) is 60.2 Å². The molecule has 3 amide bonds. The van der Waals surface area contributed by atoms with Crippen LogP contribution in [0.15, 0.2) is 54.6 Å². The van der Waals surface area contributed by atoms with Gasteiger partial charge in [-0.3, -0.25) is 14.4 Å². The summed E-state index contributed by atoms with van der Waals surface area (Å²) in [6.45, 7) is 6.78. The first kappa shape index (κ1) is 21.6. The molecule has 6 nitrogen and oxygen atoms in total. The van der Waals surface area contributed by atoms with E-state index in [1.807, 2.05) is 32.9 Å². The normalized spacial score (nSPS) is 16.6. The smallest absolute Gasteiger partial charge is 0.255 e. The molecule has 1 atom stereocenters. The number of hydrogen-bond acceptors (Lipinski definition) is 3. The third-order valence-corrected chi connectivity index (χ3v) is 5.19. The predicted octanol–water partition coefficient (Wildman–Crippen LogP) is 4.16. The Bertz CT molecular complexity index is 919. The molecular formula is C24H29N3O3. The van der Waals surface area contributed by atoms with Gasteiger partial charge < -0.3 is 15.5 Å². The average molecular weight is 408 g/mol. The van der Waals surface area contributed by atoms with Crippen molar-refractivity contribution in [1.29, 1.82) is 0 Å². The largest absolute Gasteiger partial charge is 0.341 e. The SMILES string of the molecule is CC(C)(C)C(=O)N1CCCC(C(=O)Nc2ccccc2NC(=O)c2ccccc2)C1. The number of piperidine rings is 1. The highest BCUT2D eigenvalue weighted by atomic mass is 16.2. The van der Waals surface area contributed by atoms with Gasteiger partial charge in [-0.25, -0.2) is 0 Å². The Kier molecular flexibility index (Phi) is 6.55. The van der Waals surface area contributed by atoms with Crippen LogP contribution in [0.25, 0.3) is 0 Å². The van der Waals surface area contributed by atoms with Gasteiger partial charge in [-0.15, -0.1) is 0 Å². The van der Waals surface area contributed by atoms with Gasteiger partial charge in [-0.05, 0) is 37.1 Å². The van der Waals surface area contributed by atoms with Crippen LogP contribution in [0.1, 0.15) is 44.0 Å². The minimum Gasteiger partial charge on any atom is -0.341 e. The lowest BCUT2D eigenvalue weighted by molar-refractivity contribution is -0.142. The molecule has 1 unspecified atom stereocenters. The first-order chi connectivity index (χ1) is 14.3. The van der Waals surface area contributed by atoms with Crippen LogP contribution in [0.5, 0.6) is 0 Å². The Morgan fingerprint density at radius 1 is 0.900 bits per heavy atom. The lowest BCUT2D eigenvalue weighted by Gasteiger charge is -2.36. The van der Waals surface area contributed by atoms with E-state index in [1.54, 1.807) is 47.4 Å². The molecule has 2 aromatic rings. The minimum absolute atomic E-state index is 0.0653. The zero-order valence-corrected chi connectivity index (χ0v) is 17.8. The van der Waals surface area contributed by atoms with Gasteiger partial charge in [0.1, 0.15) is 0 Å². The summed E-state index contributed by atoms with van der Waals surface area (Å²) in [4.78, 5) is 39.8. The van der Waals surface area contributed by atoms with Crippen molar-refractivity contribution in [3.8, 4) is 0 Å². The monoisotopic (exact) mass is 407 g/mol.